The quantitative estimate of drug-likeness (QED) is 0.0486. The van der Waals surface area contributed by atoms with E-state index >= 15 is 4.79 Å². The predicted octanol–water partition coefficient (Wildman–Crippen LogP) is 12.7. The highest BCUT2D eigenvalue weighted by atomic mass is 19.1. The maximum Gasteiger partial charge on any atom is 0.239 e. The van der Waals surface area contributed by atoms with Crippen LogP contribution < -0.4 is 9.47 Å². The van der Waals surface area contributed by atoms with Crippen LogP contribution in [0.1, 0.15) is 121 Å². The SMILES string of the molecule is C=CCO[C@@]12Oc3ccc(Oc4ccc(-c5ccccc5)cc4)cc3[C@H]3[C@H](CCCCO)[C@@H](CCCCO)C=C(C(=NOC(C)(C)C)C[C@@H]1N(Cc1ccc(F)cc1)C(=O)CCC1CCCC1)[C@H]32. The van der Waals surface area contributed by atoms with E-state index in [0.717, 1.165) is 78.5 Å². The van der Waals surface area contributed by atoms with Gasteiger partial charge in [0.1, 0.15) is 34.7 Å². The van der Waals surface area contributed by atoms with Gasteiger partial charge in [-0.1, -0.05) is 110 Å². The first kappa shape index (κ1) is 49.1. The molecule has 0 radical (unpaired) electrons. The number of oxime groups is 1. The minimum atomic E-state index is -1.41. The monoisotopic (exact) mass is 927 g/mol. The predicted molar refractivity (Wildman–Crippen MR) is 266 cm³/mol. The molecule has 0 unspecified atom stereocenters. The molecule has 362 valence electrons. The zero-order valence-corrected chi connectivity index (χ0v) is 40.3. The lowest BCUT2D eigenvalue weighted by Gasteiger charge is -2.60. The molecule has 2 saturated carbocycles. The number of aliphatic hydroxyl groups is 2. The van der Waals surface area contributed by atoms with Crippen molar-refractivity contribution in [3.63, 3.8) is 0 Å². The minimum Gasteiger partial charge on any atom is -0.459 e. The average Bonchev–Trinajstić information content (AvgIpc) is 3.87. The van der Waals surface area contributed by atoms with Crippen molar-refractivity contribution in [2.45, 2.75) is 134 Å². The van der Waals surface area contributed by atoms with E-state index in [0.29, 0.717) is 42.4 Å². The molecule has 4 aromatic carbocycles. The lowest BCUT2D eigenvalue weighted by Crippen LogP contribution is -2.70. The zero-order valence-electron chi connectivity index (χ0n) is 40.3. The fourth-order valence-electron chi connectivity index (χ4n) is 11.3. The van der Waals surface area contributed by atoms with E-state index in [9.17, 15) is 14.6 Å². The molecule has 1 heterocycles. The van der Waals surface area contributed by atoms with Crippen LogP contribution in [-0.4, -0.2) is 64.0 Å². The Labute approximate surface area is 403 Å². The number of fused-ring (bicyclic) bond motifs is 2. The number of amides is 1. The number of unbranched alkanes of at least 4 members (excludes halogenated alkanes) is 2. The third-order valence-electron chi connectivity index (χ3n) is 14.5. The number of hydrogen-bond acceptors (Lipinski definition) is 8. The van der Waals surface area contributed by atoms with Gasteiger partial charge >= 0.3 is 0 Å². The summed E-state index contributed by atoms with van der Waals surface area (Å²) >= 11 is 0. The lowest BCUT2D eigenvalue weighted by atomic mass is 9.55. The Morgan fingerprint density at radius 1 is 0.882 bits per heavy atom. The highest BCUT2D eigenvalue weighted by Crippen LogP contribution is 2.62. The van der Waals surface area contributed by atoms with E-state index < -0.39 is 23.3 Å². The van der Waals surface area contributed by atoms with Crippen LogP contribution in [0.2, 0.25) is 0 Å². The number of aliphatic hydroxyl groups excluding tert-OH is 2. The van der Waals surface area contributed by atoms with E-state index in [1.54, 1.807) is 18.2 Å². The molecule has 1 amide bonds. The molecule has 2 N–H and O–H groups in total. The third-order valence-corrected chi connectivity index (χ3v) is 14.5. The molecule has 8 rings (SSSR count). The van der Waals surface area contributed by atoms with Crippen molar-refractivity contribution >= 4 is 11.6 Å². The summed E-state index contributed by atoms with van der Waals surface area (Å²) in [6.45, 7) is 10.6. The summed E-state index contributed by atoms with van der Waals surface area (Å²) in [4.78, 5) is 23.5. The molecular weight excluding hydrogens is 856 g/mol. The van der Waals surface area contributed by atoms with E-state index in [1.807, 2.05) is 68.1 Å². The first-order chi connectivity index (χ1) is 33.0. The number of hydrogen-bond donors (Lipinski definition) is 2. The summed E-state index contributed by atoms with van der Waals surface area (Å²) in [6, 6.07) is 30.1. The fraction of sp³-hybridized carbons (Fsp3) is 0.483. The molecule has 0 saturated heterocycles. The molecule has 10 heteroatoms. The van der Waals surface area contributed by atoms with E-state index in [-0.39, 0.29) is 62.3 Å². The number of halogens is 1. The number of allylic oxidation sites excluding steroid dienone is 1. The van der Waals surface area contributed by atoms with Crippen LogP contribution in [0.3, 0.4) is 0 Å². The molecule has 1 aliphatic heterocycles. The van der Waals surface area contributed by atoms with Gasteiger partial charge in [0, 0.05) is 44.1 Å². The Morgan fingerprint density at radius 3 is 2.26 bits per heavy atom. The summed E-state index contributed by atoms with van der Waals surface area (Å²) in [5, 5.41) is 25.1. The highest BCUT2D eigenvalue weighted by Gasteiger charge is 2.65. The lowest BCUT2D eigenvalue weighted by molar-refractivity contribution is -0.258. The zero-order chi connectivity index (χ0) is 47.7. The normalized spacial score (nSPS) is 23.8. The maximum atomic E-state index is 15.2. The number of ether oxygens (including phenoxy) is 3. The van der Waals surface area contributed by atoms with Crippen molar-refractivity contribution in [3.05, 3.63) is 138 Å². The van der Waals surface area contributed by atoms with Gasteiger partial charge in [-0.3, -0.25) is 4.79 Å². The first-order valence-electron chi connectivity index (χ1n) is 25.1. The summed E-state index contributed by atoms with van der Waals surface area (Å²) < 4.78 is 35.9. The molecule has 68 heavy (non-hydrogen) atoms. The summed E-state index contributed by atoms with van der Waals surface area (Å²) in [5.74, 6) is 0.198. The number of benzene rings is 4. The number of rotatable bonds is 21. The van der Waals surface area contributed by atoms with Gasteiger partial charge in [0.25, 0.3) is 0 Å². The van der Waals surface area contributed by atoms with Gasteiger partial charge in [0.15, 0.2) is 0 Å². The van der Waals surface area contributed by atoms with Crippen molar-refractivity contribution in [1.29, 1.82) is 0 Å². The molecule has 3 aliphatic carbocycles. The molecule has 0 aromatic heterocycles. The van der Waals surface area contributed by atoms with Crippen molar-refractivity contribution in [2.24, 2.45) is 28.8 Å². The summed E-state index contributed by atoms with van der Waals surface area (Å²) in [5.41, 5.74) is 5.10. The van der Waals surface area contributed by atoms with Crippen LogP contribution in [0, 0.1) is 29.5 Å². The largest absolute Gasteiger partial charge is 0.459 e. The molecular formula is C58H71FN2O7. The van der Waals surface area contributed by atoms with Gasteiger partial charge in [0.05, 0.1) is 18.2 Å². The number of carbonyl (C=O) groups is 1. The summed E-state index contributed by atoms with van der Waals surface area (Å²) in [6.07, 6.45) is 14.8. The van der Waals surface area contributed by atoms with E-state index in [2.05, 4.69) is 43.0 Å². The Hall–Kier alpha value is -5.29. The minimum absolute atomic E-state index is 0.0125. The van der Waals surface area contributed by atoms with Crippen LogP contribution in [0.15, 0.2) is 127 Å². The molecule has 4 aliphatic rings. The molecule has 2 fully saturated rings. The van der Waals surface area contributed by atoms with Gasteiger partial charge in [-0.15, -0.1) is 6.58 Å². The Bertz CT molecular complexity index is 2350. The first-order valence-corrected chi connectivity index (χ1v) is 25.1. The van der Waals surface area contributed by atoms with E-state index in [1.165, 1.54) is 25.0 Å². The standard InChI is InChI=1S/C58H71FN2O7/c1-5-35-65-58-53(61(39-41-21-26-45(59)27-22-41)54(64)32-23-40-15-9-10-16-40)38-51(60-68-57(2,3)4)49-36-44(19-11-13-33-62)48(20-12-14-34-63)55(56(49)58)50-37-47(30-31-52(50)67-58)66-46-28-24-43(25-29-46)42-17-7-6-8-18-42/h5-8,17-18,21-22,24-31,36-37,40,44,48,53,55-56,62-63H,1,9-16,19-20,23,32-35,38-39H2,2-4H3/t44-,48+,53-,55+,56+,58+/m0/s1. The average molecular weight is 927 g/mol. The fourth-order valence-corrected chi connectivity index (χ4v) is 11.3. The number of carbonyl (C=O) groups excluding carboxylic acids is 1. The van der Waals surface area contributed by atoms with Crippen LogP contribution in [0.25, 0.3) is 11.1 Å². The second-order valence-electron chi connectivity index (χ2n) is 20.3. The Balaban J connectivity index is 1.30. The summed E-state index contributed by atoms with van der Waals surface area (Å²) in [7, 11) is 0. The molecule has 0 bridgehead atoms. The smallest absolute Gasteiger partial charge is 0.239 e. The van der Waals surface area contributed by atoms with Crippen LogP contribution >= 0.6 is 0 Å². The van der Waals surface area contributed by atoms with Gasteiger partial charge in [-0.2, -0.15) is 0 Å². The number of nitrogens with zero attached hydrogens (tertiary/aromatic N) is 2. The van der Waals surface area contributed by atoms with E-state index in [4.69, 9.17) is 24.2 Å². The third kappa shape index (κ3) is 11.4. The highest BCUT2D eigenvalue weighted by molar-refractivity contribution is 6.03. The Kier molecular flexibility index (Phi) is 16.2. The van der Waals surface area contributed by atoms with Crippen molar-refractivity contribution in [3.8, 4) is 28.4 Å². The Morgan fingerprint density at radius 2 is 1.57 bits per heavy atom. The second kappa shape index (κ2) is 22.4. The van der Waals surface area contributed by atoms with Crippen molar-refractivity contribution in [1.82, 2.24) is 4.90 Å². The molecule has 4 aromatic rings. The van der Waals surface area contributed by atoms with Crippen LogP contribution in [-0.2, 0) is 20.9 Å². The molecule has 6 atom stereocenters. The van der Waals surface area contributed by atoms with Crippen LogP contribution in [0.4, 0.5) is 4.39 Å². The van der Waals surface area contributed by atoms with Crippen molar-refractivity contribution in [2.75, 3.05) is 19.8 Å². The van der Waals surface area contributed by atoms with Gasteiger partial charge < -0.3 is 34.2 Å². The second-order valence-corrected chi connectivity index (χ2v) is 20.3. The van der Waals surface area contributed by atoms with Crippen LogP contribution in [0.5, 0.6) is 17.2 Å². The van der Waals surface area contributed by atoms with Gasteiger partial charge in [0.2, 0.25) is 11.7 Å². The maximum absolute atomic E-state index is 15.2. The molecule has 9 nitrogen and oxygen atoms in total. The van der Waals surface area contributed by atoms with Crippen molar-refractivity contribution < 1.29 is 38.4 Å². The van der Waals surface area contributed by atoms with Gasteiger partial charge in [-0.05, 0) is 135 Å². The molecule has 0 spiro atoms. The topological polar surface area (TPSA) is 110 Å². The van der Waals surface area contributed by atoms with Gasteiger partial charge in [-0.25, -0.2) is 4.39 Å².